The first-order chi connectivity index (χ1) is 17.5. The number of benzene rings is 3. The van der Waals surface area contributed by atoms with Crippen LogP contribution in [0.25, 0.3) is 0 Å². The van der Waals surface area contributed by atoms with E-state index < -0.39 is 0 Å². The van der Waals surface area contributed by atoms with E-state index in [0.717, 1.165) is 22.3 Å². The Morgan fingerprint density at radius 3 is 2.25 bits per heavy atom. The predicted octanol–water partition coefficient (Wildman–Crippen LogP) is 5.27. The van der Waals surface area contributed by atoms with Crippen molar-refractivity contribution in [1.82, 2.24) is 10.2 Å². The number of urea groups is 1. The van der Waals surface area contributed by atoms with Crippen molar-refractivity contribution in [3.8, 4) is 23.0 Å². The van der Waals surface area contributed by atoms with Crippen LogP contribution in [0.1, 0.15) is 28.3 Å². The van der Waals surface area contributed by atoms with E-state index in [1.807, 2.05) is 59.5 Å². The van der Waals surface area contributed by atoms with Crippen LogP contribution in [-0.2, 0) is 12.8 Å². The molecule has 1 unspecified atom stereocenters. The van der Waals surface area contributed by atoms with E-state index in [2.05, 4.69) is 5.32 Å². The van der Waals surface area contributed by atoms with E-state index in [-0.39, 0.29) is 12.1 Å². The molecule has 0 saturated heterocycles. The first-order valence-corrected chi connectivity index (χ1v) is 12.1. The molecule has 3 aromatic rings. The number of nitrogens with zero attached hydrogens (tertiary/aromatic N) is 1. The molecule has 7 nitrogen and oxygen atoms in total. The summed E-state index contributed by atoms with van der Waals surface area (Å²) < 4.78 is 21.8. The van der Waals surface area contributed by atoms with E-state index in [1.165, 1.54) is 0 Å². The molecular formula is C28H31ClN2O5. The molecule has 0 spiro atoms. The number of methoxy groups -OCH3 is 4. The van der Waals surface area contributed by atoms with E-state index in [4.69, 9.17) is 30.5 Å². The molecule has 0 aromatic heterocycles. The fraction of sp³-hybridized carbons (Fsp3) is 0.321. The van der Waals surface area contributed by atoms with Crippen LogP contribution in [0.4, 0.5) is 4.79 Å². The first kappa shape index (κ1) is 25.5. The van der Waals surface area contributed by atoms with E-state index in [1.54, 1.807) is 28.4 Å². The lowest BCUT2D eigenvalue weighted by molar-refractivity contribution is 0.180. The Bertz CT molecular complexity index is 1230. The third kappa shape index (κ3) is 5.16. The highest BCUT2D eigenvalue weighted by molar-refractivity contribution is 6.31. The molecule has 190 valence electrons. The second-order valence-electron chi connectivity index (χ2n) is 8.44. The van der Waals surface area contributed by atoms with Gasteiger partial charge in [0.25, 0.3) is 0 Å². The van der Waals surface area contributed by atoms with Crippen LogP contribution in [-0.4, -0.2) is 52.5 Å². The zero-order valence-corrected chi connectivity index (χ0v) is 21.7. The summed E-state index contributed by atoms with van der Waals surface area (Å²) in [6, 6.07) is 16.8. The summed E-state index contributed by atoms with van der Waals surface area (Å²) in [7, 11) is 6.44. The summed E-state index contributed by atoms with van der Waals surface area (Å²) >= 11 is 6.63. The van der Waals surface area contributed by atoms with Crippen molar-refractivity contribution in [1.29, 1.82) is 0 Å². The molecule has 0 aliphatic carbocycles. The van der Waals surface area contributed by atoms with Crippen molar-refractivity contribution in [2.45, 2.75) is 18.9 Å². The molecule has 0 saturated carbocycles. The average Bonchev–Trinajstić information content (AvgIpc) is 2.91. The van der Waals surface area contributed by atoms with Crippen LogP contribution in [0.2, 0.25) is 5.02 Å². The van der Waals surface area contributed by atoms with Gasteiger partial charge < -0.3 is 29.2 Å². The first-order valence-electron chi connectivity index (χ1n) is 11.7. The number of carbonyl (C=O) groups is 1. The van der Waals surface area contributed by atoms with Crippen LogP contribution in [0.3, 0.4) is 0 Å². The Morgan fingerprint density at radius 1 is 0.889 bits per heavy atom. The monoisotopic (exact) mass is 510 g/mol. The largest absolute Gasteiger partial charge is 0.493 e. The molecule has 1 atom stereocenters. The van der Waals surface area contributed by atoms with Crippen molar-refractivity contribution in [3.63, 3.8) is 0 Å². The van der Waals surface area contributed by atoms with Crippen molar-refractivity contribution < 1.29 is 23.7 Å². The van der Waals surface area contributed by atoms with Gasteiger partial charge in [-0.25, -0.2) is 4.79 Å². The number of nitrogens with one attached hydrogen (secondary N) is 1. The number of amides is 2. The number of fused-ring (bicyclic) bond motifs is 1. The molecule has 1 N–H and O–H groups in total. The Balaban J connectivity index is 1.58. The highest BCUT2D eigenvalue weighted by Crippen LogP contribution is 2.42. The summed E-state index contributed by atoms with van der Waals surface area (Å²) in [5, 5.41) is 3.69. The topological polar surface area (TPSA) is 69.3 Å². The Kier molecular flexibility index (Phi) is 8.10. The standard InChI is InChI=1S/C28H31ClN2O5/c1-33-23-10-9-18(15-24(23)34-2)11-13-30-28(32)31-14-12-19-16-25(35-3)26(36-4)17-21(19)27(31)20-7-5-6-8-22(20)29/h5-10,15-17,27H,11-14H2,1-4H3,(H,30,32). The van der Waals surface area contributed by atoms with Gasteiger partial charge in [0, 0.05) is 18.1 Å². The molecule has 0 bridgehead atoms. The van der Waals surface area contributed by atoms with Crippen molar-refractivity contribution in [2.75, 3.05) is 41.5 Å². The van der Waals surface area contributed by atoms with E-state index in [0.29, 0.717) is 54.0 Å². The molecule has 1 aliphatic rings. The molecule has 1 heterocycles. The predicted molar refractivity (Wildman–Crippen MR) is 140 cm³/mol. The minimum absolute atomic E-state index is 0.152. The molecule has 8 heteroatoms. The maximum atomic E-state index is 13.5. The summed E-state index contributed by atoms with van der Waals surface area (Å²) in [6.07, 6.45) is 1.35. The fourth-order valence-corrected chi connectivity index (χ4v) is 4.89. The number of hydrogen-bond donors (Lipinski definition) is 1. The summed E-state index contributed by atoms with van der Waals surface area (Å²) in [5.41, 5.74) is 3.98. The summed E-state index contributed by atoms with van der Waals surface area (Å²) in [5.74, 6) is 2.62. The van der Waals surface area contributed by atoms with Crippen LogP contribution >= 0.6 is 11.6 Å². The number of carbonyl (C=O) groups excluding carboxylic acids is 1. The number of halogens is 1. The van der Waals surface area contributed by atoms with E-state index in [9.17, 15) is 4.79 Å². The smallest absolute Gasteiger partial charge is 0.318 e. The Hall–Kier alpha value is -3.58. The molecule has 2 amide bonds. The summed E-state index contributed by atoms with van der Waals surface area (Å²) in [6.45, 7) is 1.01. The maximum Gasteiger partial charge on any atom is 0.318 e. The average molecular weight is 511 g/mol. The molecule has 36 heavy (non-hydrogen) atoms. The maximum absolute atomic E-state index is 13.5. The Morgan fingerprint density at radius 2 is 1.56 bits per heavy atom. The quantitative estimate of drug-likeness (QED) is 0.447. The summed E-state index contributed by atoms with van der Waals surface area (Å²) in [4.78, 5) is 15.3. The van der Waals surface area contributed by atoms with Gasteiger partial charge in [-0.3, -0.25) is 0 Å². The van der Waals surface area contributed by atoms with Crippen molar-refractivity contribution >= 4 is 17.6 Å². The van der Waals surface area contributed by atoms with Crippen LogP contribution in [0, 0.1) is 0 Å². The third-order valence-corrected chi connectivity index (χ3v) is 6.82. The molecular weight excluding hydrogens is 480 g/mol. The minimum Gasteiger partial charge on any atom is -0.493 e. The third-order valence-electron chi connectivity index (χ3n) is 6.47. The number of hydrogen-bond acceptors (Lipinski definition) is 5. The number of ether oxygens (including phenoxy) is 4. The van der Waals surface area contributed by atoms with Gasteiger partial charge in [-0.1, -0.05) is 35.9 Å². The van der Waals surface area contributed by atoms with Gasteiger partial charge in [-0.2, -0.15) is 0 Å². The molecule has 0 radical (unpaired) electrons. The van der Waals surface area contributed by atoms with Gasteiger partial charge in [0.1, 0.15) is 0 Å². The highest BCUT2D eigenvalue weighted by atomic mass is 35.5. The second-order valence-corrected chi connectivity index (χ2v) is 8.85. The molecule has 4 rings (SSSR count). The van der Waals surface area contributed by atoms with Gasteiger partial charge in [0.15, 0.2) is 23.0 Å². The van der Waals surface area contributed by atoms with Gasteiger partial charge in [-0.15, -0.1) is 0 Å². The molecule has 0 fully saturated rings. The van der Waals surface area contributed by atoms with Gasteiger partial charge in [-0.05, 0) is 65.4 Å². The van der Waals surface area contributed by atoms with Crippen LogP contribution in [0.5, 0.6) is 23.0 Å². The van der Waals surface area contributed by atoms with Crippen LogP contribution in [0.15, 0.2) is 54.6 Å². The lowest BCUT2D eigenvalue weighted by Crippen LogP contribution is -2.46. The lowest BCUT2D eigenvalue weighted by atomic mass is 9.87. The van der Waals surface area contributed by atoms with Crippen LogP contribution < -0.4 is 24.3 Å². The Labute approximate surface area is 216 Å². The normalized spacial score (nSPS) is 14.6. The highest BCUT2D eigenvalue weighted by Gasteiger charge is 2.34. The second kappa shape index (κ2) is 11.4. The lowest BCUT2D eigenvalue weighted by Gasteiger charge is -2.38. The van der Waals surface area contributed by atoms with Crippen molar-refractivity contribution in [3.05, 3.63) is 81.9 Å². The zero-order chi connectivity index (χ0) is 25.7. The molecule has 3 aromatic carbocycles. The molecule has 1 aliphatic heterocycles. The number of rotatable bonds is 8. The van der Waals surface area contributed by atoms with Crippen molar-refractivity contribution in [2.24, 2.45) is 0 Å². The fourth-order valence-electron chi connectivity index (χ4n) is 4.65. The van der Waals surface area contributed by atoms with E-state index >= 15 is 0 Å². The van der Waals surface area contributed by atoms with Gasteiger partial charge in [0.05, 0.1) is 34.5 Å². The van der Waals surface area contributed by atoms with Gasteiger partial charge in [0.2, 0.25) is 0 Å². The zero-order valence-electron chi connectivity index (χ0n) is 21.0. The SMILES string of the molecule is COc1ccc(CCNC(=O)N2CCc3cc(OC)c(OC)cc3C2c2ccccc2Cl)cc1OC. The van der Waals surface area contributed by atoms with Gasteiger partial charge >= 0.3 is 6.03 Å². The minimum atomic E-state index is -0.358.